The van der Waals surface area contributed by atoms with Crippen LogP contribution in [0.4, 0.5) is 10.5 Å². The Bertz CT molecular complexity index is 547. The molecular weight excluding hydrogens is 326 g/mol. The molecule has 0 saturated carbocycles. The minimum Gasteiger partial charge on any atom is -0.494 e. The van der Waals surface area contributed by atoms with Gasteiger partial charge in [0.25, 0.3) is 0 Å². The van der Waals surface area contributed by atoms with Crippen LogP contribution in [0.3, 0.4) is 0 Å². The molecule has 4 N–H and O–H groups in total. The smallest absolute Gasteiger partial charge is 0.319 e. The standard InChI is InChI=1S/C17H27N3O4.H2O/c1-18-17(21)19-15-13(22-2)7-8-14(23-3)16(15)24-12-11-20-9-5-4-6-10-20;/h7-8H,4-6,9-12H2,1-3H3,(H2,18,19,21);1H2. The third-order valence-corrected chi connectivity index (χ3v) is 4.09. The highest BCUT2D eigenvalue weighted by Gasteiger charge is 2.19. The second-order valence-electron chi connectivity index (χ2n) is 5.63. The average molecular weight is 355 g/mol. The predicted molar refractivity (Wildman–Crippen MR) is 97.0 cm³/mol. The molecule has 0 radical (unpaired) electrons. The predicted octanol–water partition coefficient (Wildman–Crippen LogP) is 1.50. The molecule has 1 aromatic carbocycles. The molecule has 1 fully saturated rings. The van der Waals surface area contributed by atoms with Gasteiger partial charge in [-0.25, -0.2) is 4.79 Å². The van der Waals surface area contributed by atoms with Gasteiger partial charge in [-0.15, -0.1) is 0 Å². The summed E-state index contributed by atoms with van der Waals surface area (Å²) in [5, 5.41) is 5.28. The highest BCUT2D eigenvalue weighted by molar-refractivity contribution is 5.93. The van der Waals surface area contributed by atoms with Gasteiger partial charge >= 0.3 is 6.03 Å². The molecule has 0 bridgehead atoms. The van der Waals surface area contributed by atoms with Gasteiger partial charge in [0.15, 0.2) is 11.5 Å². The van der Waals surface area contributed by atoms with Crippen LogP contribution in [0.15, 0.2) is 12.1 Å². The van der Waals surface area contributed by atoms with Crippen molar-refractivity contribution in [2.24, 2.45) is 0 Å². The summed E-state index contributed by atoms with van der Waals surface area (Å²) in [6.45, 7) is 3.59. The maximum Gasteiger partial charge on any atom is 0.319 e. The second kappa shape index (κ2) is 10.6. The number of benzene rings is 1. The van der Waals surface area contributed by atoms with Gasteiger partial charge in [-0.05, 0) is 38.1 Å². The summed E-state index contributed by atoms with van der Waals surface area (Å²) in [7, 11) is 4.68. The molecule has 1 aliphatic heterocycles. The first-order valence-electron chi connectivity index (χ1n) is 8.28. The van der Waals surface area contributed by atoms with E-state index >= 15 is 0 Å². The normalized spacial score (nSPS) is 14.2. The molecular formula is C17H29N3O5. The molecule has 2 amide bonds. The third-order valence-electron chi connectivity index (χ3n) is 4.09. The Labute approximate surface area is 148 Å². The molecule has 0 unspecified atom stereocenters. The molecule has 2 rings (SSSR count). The lowest BCUT2D eigenvalue weighted by molar-refractivity contribution is 0.181. The lowest BCUT2D eigenvalue weighted by atomic mass is 10.1. The Morgan fingerprint density at radius 2 is 1.76 bits per heavy atom. The van der Waals surface area contributed by atoms with Crippen LogP contribution in [0.2, 0.25) is 0 Å². The average Bonchev–Trinajstić information content (AvgIpc) is 2.63. The molecule has 25 heavy (non-hydrogen) atoms. The van der Waals surface area contributed by atoms with Crippen molar-refractivity contribution in [3.63, 3.8) is 0 Å². The molecule has 0 spiro atoms. The van der Waals surface area contributed by atoms with Crippen molar-refractivity contribution >= 4 is 11.7 Å². The van der Waals surface area contributed by atoms with Crippen molar-refractivity contribution in [3.05, 3.63) is 12.1 Å². The summed E-state index contributed by atoms with van der Waals surface area (Å²) in [4.78, 5) is 14.1. The van der Waals surface area contributed by atoms with E-state index in [4.69, 9.17) is 14.2 Å². The number of hydrogen-bond donors (Lipinski definition) is 2. The van der Waals surface area contributed by atoms with Crippen LogP contribution < -0.4 is 24.8 Å². The topological polar surface area (TPSA) is 104 Å². The van der Waals surface area contributed by atoms with Gasteiger partial charge in [-0.3, -0.25) is 4.90 Å². The summed E-state index contributed by atoms with van der Waals surface area (Å²) in [6, 6.07) is 3.16. The highest BCUT2D eigenvalue weighted by atomic mass is 16.5. The van der Waals surface area contributed by atoms with Crippen molar-refractivity contribution in [3.8, 4) is 17.2 Å². The van der Waals surface area contributed by atoms with E-state index in [1.807, 2.05) is 0 Å². The number of rotatable bonds is 7. The summed E-state index contributed by atoms with van der Waals surface area (Å²) >= 11 is 0. The summed E-state index contributed by atoms with van der Waals surface area (Å²) in [5.74, 6) is 1.56. The monoisotopic (exact) mass is 355 g/mol. The molecule has 1 saturated heterocycles. The van der Waals surface area contributed by atoms with Gasteiger partial charge in [-0.1, -0.05) is 6.42 Å². The first kappa shape index (κ1) is 20.9. The van der Waals surface area contributed by atoms with Crippen molar-refractivity contribution in [2.45, 2.75) is 19.3 Å². The molecule has 0 aliphatic carbocycles. The van der Waals surface area contributed by atoms with Crippen molar-refractivity contribution < 1.29 is 24.5 Å². The van der Waals surface area contributed by atoms with Gasteiger partial charge in [0, 0.05) is 13.6 Å². The minimum atomic E-state index is -0.345. The van der Waals surface area contributed by atoms with Crippen LogP contribution in [0.1, 0.15) is 19.3 Å². The van der Waals surface area contributed by atoms with Crippen LogP contribution in [0.25, 0.3) is 0 Å². The number of likely N-dealkylation sites (tertiary alicyclic amines) is 1. The number of hydrogen-bond acceptors (Lipinski definition) is 5. The quantitative estimate of drug-likeness (QED) is 0.771. The molecule has 1 aromatic rings. The van der Waals surface area contributed by atoms with Gasteiger partial charge in [0.05, 0.1) is 14.2 Å². The minimum absolute atomic E-state index is 0. The Balaban J connectivity index is 0.00000312. The maximum atomic E-state index is 11.7. The van der Waals surface area contributed by atoms with Gasteiger partial charge in [0.1, 0.15) is 18.0 Å². The number of anilines is 1. The fraction of sp³-hybridized carbons (Fsp3) is 0.588. The third kappa shape index (κ3) is 5.68. The number of nitrogens with one attached hydrogen (secondary N) is 2. The van der Waals surface area contributed by atoms with Crippen molar-refractivity contribution in [2.75, 3.05) is 52.8 Å². The molecule has 142 valence electrons. The van der Waals surface area contributed by atoms with E-state index in [0.717, 1.165) is 19.6 Å². The number of methoxy groups -OCH3 is 2. The molecule has 0 atom stereocenters. The van der Waals surface area contributed by atoms with Crippen LogP contribution in [0.5, 0.6) is 17.2 Å². The lowest BCUT2D eigenvalue weighted by Gasteiger charge is -2.26. The van der Waals surface area contributed by atoms with Crippen LogP contribution >= 0.6 is 0 Å². The summed E-state index contributed by atoms with van der Waals surface area (Å²) in [5.41, 5.74) is 0.467. The number of urea groups is 1. The van der Waals surface area contributed by atoms with Gasteiger partial charge in [0.2, 0.25) is 0 Å². The molecule has 8 nitrogen and oxygen atoms in total. The van der Waals surface area contributed by atoms with Crippen LogP contribution in [-0.4, -0.2) is 63.9 Å². The largest absolute Gasteiger partial charge is 0.494 e. The Morgan fingerprint density at radius 3 is 2.36 bits per heavy atom. The van der Waals surface area contributed by atoms with Gasteiger partial charge in [-0.2, -0.15) is 0 Å². The number of amides is 2. The fourth-order valence-electron chi connectivity index (χ4n) is 2.77. The van der Waals surface area contributed by atoms with Crippen LogP contribution in [0, 0.1) is 0 Å². The van der Waals surface area contributed by atoms with E-state index in [0.29, 0.717) is 29.5 Å². The fourth-order valence-corrected chi connectivity index (χ4v) is 2.77. The first-order chi connectivity index (χ1) is 11.7. The number of carbonyl (C=O) groups is 1. The van der Waals surface area contributed by atoms with E-state index in [2.05, 4.69) is 15.5 Å². The van der Waals surface area contributed by atoms with Crippen molar-refractivity contribution in [1.29, 1.82) is 0 Å². The zero-order valence-electron chi connectivity index (χ0n) is 15.2. The maximum absolute atomic E-state index is 11.7. The zero-order valence-corrected chi connectivity index (χ0v) is 15.2. The van der Waals surface area contributed by atoms with E-state index in [-0.39, 0.29) is 11.5 Å². The zero-order chi connectivity index (χ0) is 17.4. The molecule has 8 heteroatoms. The van der Waals surface area contributed by atoms with Gasteiger partial charge < -0.3 is 30.3 Å². The SMILES string of the molecule is CNC(=O)Nc1c(OC)ccc(OC)c1OCCN1CCCCC1.O. The first-order valence-corrected chi connectivity index (χ1v) is 8.28. The summed E-state index contributed by atoms with van der Waals surface area (Å²) < 4.78 is 16.7. The number of carbonyl (C=O) groups excluding carboxylic acids is 1. The number of nitrogens with zero attached hydrogens (tertiary/aromatic N) is 1. The van der Waals surface area contributed by atoms with Crippen molar-refractivity contribution in [1.82, 2.24) is 10.2 Å². The van der Waals surface area contributed by atoms with E-state index in [1.165, 1.54) is 19.3 Å². The van der Waals surface area contributed by atoms with Crippen LogP contribution in [-0.2, 0) is 0 Å². The second-order valence-corrected chi connectivity index (χ2v) is 5.63. The number of ether oxygens (including phenoxy) is 3. The Morgan fingerprint density at radius 1 is 1.12 bits per heavy atom. The lowest BCUT2D eigenvalue weighted by Crippen LogP contribution is -2.33. The Hall–Kier alpha value is -2.19. The molecule has 0 aromatic heterocycles. The summed E-state index contributed by atoms with van der Waals surface area (Å²) in [6.07, 6.45) is 3.79. The van der Waals surface area contributed by atoms with E-state index in [9.17, 15) is 4.79 Å². The van der Waals surface area contributed by atoms with E-state index < -0.39 is 0 Å². The highest BCUT2D eigenvalue weighted by Crippen LogP contribution is 2.42. The molecule has 1 aliphatic rings. The molecule has 1 heterocycles. The Kier molecular flexibility index (Phi) is 8.87. The van der Waals surface area contributed by atoms with E-state index in [1.54, 1.807) is 33.4 Å². The number of piperidine rings is 1.